The summed E-state index contributed by atoms with van der Waals surface area (Å²) < 4.78 is 1.15. The molecule has 19 heavy (non-hydrogen) atoms. The van der Waals surface area contributed by atoms with E-state index in [2.05, 4.69) is 70.4 Å². The Bertz CT molecular complexity index is 538. The van der Waals surface area contributed by atoms with Crippen molar-refractivity contribution in [2.75, 3.05) is 18.0 Å². The van der Waals surface area contributed by atoms with E-state index < -0.39 is 0 Å². The minimum absolute atomic E-state index is 0.223. The van der Waals surface area contributed by atoms with E-state index in [0.717, 1.165) is 11.0 Å². The molecule has 1 heterocycles. The van der Waals surface area contributed by atoms with Crippen LogP contribution in [-0.4, -0.2) is 13.1 Å². The van der Waals surface area contributed by atoms with E-state index in [1.54, 1.807) is 11.3 Å². The molecule has 2 aromatic rings. The molecule has 0 bridgehead atoms. The lowest BCUT2D eigenvalue weighted by molar-refractivity contribution is 0.650. The van der Waals surface area contributed by atoms with Gasteiger partial charge in [0.1, 0.15) is 0 Å². The van der Waals surface area contributed by atoms with Gasteiger partial charge in [-0.3, -0.25) is 0 Å². The predicted molar refractivity (Wildman–Crippen MR) is 88.0 cm³/mol. The number of hydrogen-bond donors (Lipinski definition) is 1. The zero-order valence-electron chi connectivity index (χ0n) is 11.3. The molecule has 2 N–H and O–H groups in total. The fraction of sp³-hybridized carbons (Fsp3) is 0.333. The highest BCUT2D eigenvalue weighted by Crippen LogP contribution is 2.35. The fourth-order valence-electron chi connectivity index (χ4n) is 2.36. The lowest BCUT2D eigenvalue weighted by atomic mass is 10.1. The Hall–Kier alpha value is -0.840. The van der Waals surface area contributed by atoms with Crippen LogP contribution in [0.3, 0.4) is 0 Å². The van der Waals surface area contributed by atoms with Crippen LogP contribution in [0.5, 0.6) is 0 Å². The smallest absolute Gasteiger partial charge is 0.0768 e. The normalized spacial score (nSPS) is 12.4. The number of benzene rings is 1. The average molecular weight is 339 g/mol. The van der Waals surface area contributed by atoms with Gasteiger partial charge in [0.15, 0.2) is 0 Å². The molecule has 1 atom stereocenters. The Morgan fingerprint density at radius 1 is 1.32 bits per heavy atom. The van der Waals surface area contributed by atoms with Gasteiger partial charge in [-0.05, 0) is 52.9 Å². The number of para-hydroxylation sites is 1. The van der Waals surface area contributed by atoms with E-state index in [4.69, 9.17) is 5.73 Å². The molecule has 0 radical (unpaired) electrons. The summed E-state index contributed by atoms with van der Waals surface area (Å²) in [5, 5.41) is 2.10. The standard InChI is InChI=1S/C15H19BrN2S/c1-3-18(13-7-5-4-6-11(13)2)14(10-17)15-12(16)8-9-19-15/h4-9,14H,3,10,17H2,1-2H3. The number of aryl methyl sites for hydroxylation is 1. The Balaban J connectivity index is 2.40. The Morgan fingerprint density at radius 3 is 2.58 bits per heavy atom. The first kappa shape index (κ1) is 14.6. The summed E-state index contributed by atoms with van der Waals surface area (Å²) in [7, 11) is 0. The number of nitrogens with zero attached hydrogens (tertiary/aromatic N) is 1. The van der Waals surface area contributed by atoms with Crippen LogP contribution in [0.4, 0.5) is 5.69 Å². The third-order valence-electron chi connectivity index (χ3n) is 3.31. The molecule has 0 aliphatic heterocycles. The van der Waals surface area contributed by atoms with Crippen molar-refractivity contribution in [3.8, 4) is 0 Å². The summed E-state index contributed by atoms with van der Waals surface area (Å²) in [6.45, 7) is 5.88. The molecule has 1 unspecified atom stereocenters. The van der Waals surface area contributed by atoms with Crippen molar-refractivity contribution in [3.05, 3.63) is 50.6 Å². The van der Waals surface area contributed by atoms with Crippen LogP contribution >= 0.6 is 27.3 Å². The van der Waals surface area contributed by atoms with E-state index >= 15 is 0 Å². The first-order valence-electron chi connectivity index (χ1n) is 6.44. The summed E-state index contributed by atoms with van der Waals surface area (Å²) in [5.74, 6) is 0. The van der Waals surface area contributed by atoms with Crippen molar-refractivity contribution < 1.29 is 0 Å². The van der Waals surface area contributed by atoms with Crippen LogP contribution < -0.4 is 10.6 Å². The lowest BCUT2D eigenvalue weighted by Gasteiger charge is -2.33. The zero-order valence-corrected chi connectivity index (χ0v) is 13.7. The zero-order chi connectivity index (χ0) is 13.8. The molecule has 0 amide bonds. The van der Waals surface area contributed by atoms with E-state index in [1.807, 2.05) is 0 Å². The molecule has 0 aliphatic carbocycles. The van der Waals surface area contributed by atoms with E-state index in [-0.39, 0.29) is 6.04 Å². The maximum atomic E-state index is 6.04. The van der Waals surface area contributed by atoms with Crippen LogP contribution in [0.15, 0.2) is 40.2 Å². The number of likely N-dealkylation sites (N-methyl/N-ethyl adjacent to an activating group) is 1. The van der Waals surface area contributed by atoms with Crippen LogP contribution in [0, 0.1) is 6.92 Å². The largest absolute Gasteiger partial charge is 0.362 e. The van der Waals surface area contributed by atoms with E-state index in [1.165, 1.54) is 16.1 Å². The van der Waals surface area contributed by atoms with Gasteiger partial charge in [0, 0.05) is 28.1 Å². The van der Waals surface area contributed by atoms with Crippen molar-refractivity contribution in [1.82, 2.24) is 0 Å². The van der Waals surface area contributed by atoms with Gasteiger partial charge in [-0.15, -0.1) is 11.3 Å². The quantitative estimate of drug-likeness (QED) is 0.878. The number of thiophene rings is 1. The Kier molecular flexibility index (Phi) is 5.02. The van der Waals surface area contributed by atoms with Crippen molar-refractivity contribution in [1.29, 1.82) is 0 Å². The third-order valence-corrected chi connectivity index (χ3v) is 5.28. The second kappa shape index (κ2) is 6.55. The molecular weight excluding hydrogens is 320 g/mol. The average Bonchev–Trinajstić information content (AvgIpc) is 2.83. The van der Waals surface area contributed by atoms with Gasteiger partial charge < -0.3 is 10.6 Å². The van der Waals surface area contributed by atoms with Gasteiger partial charge in [-0.1, -0.05) is 18.2 Å². The van der Waals surface area contributed by atoms with Crippen molar-refractivity contribution in [3.63, 3.8) is 0 Å². The number of nitrogens with two attached hydrogens (primary N) is 1. The van der Waals surface area contributed by atoms with Crippen molar-refractivity contribution >= 4 is 33.0 Å². The first-order chi connectivity index (χ1) is 9.19. The van der Waals surface area contributed by atoms with Gasteiger partial charge in [-0.2, -0.15) is 0 Å². The van der Waals surface area contributed by atoms with Crippen LogP contribution in [-0.2, 0) is 0 Å². The van der Waals surface area contributed by atoms with Crippen molar-refractivity contribution in [2.45, 2.75) is 19.9 Å². The molecule has 0 aliphatic rings. The van der Waals surface area contributed by atoms with Crippen LogP contribution in [0.2, 0.25) is 0 Å². The summed E-state index contributed by atoms with van der Waals surface area (Å²) >= 11 is 5.38. The topological polar surface area (TPSA) is 29.3 Å². The van der Waals surface area contributed by atoms with Gasteiger partial charge in [0.25, 0.3) is 0 Å². The minimum atomic E-state index is 0.223. The molecular formula is C15H19BrN2S. The predicted octanol–water partition coefficient (Wildman–Crippen LogP) is 4.35. The summed E-state index contributed by atoms with van der Waals surface area (Å²) in [6.07, 6.45) is 0. The van der Waals surface area contributed by atoms with Crippen LogP contribution in [0.1, 0.15) is 23.4 Å². The lowest BCUT2D eigenvalue weighted by Crippen LogP contribution is -2.33. The van der Waals surface area contributed by atoms with E-state index in [0.29, 0.717) is 6.54 Å². The number of halogens is 1. The molecule has 102 valence electrons. The molecule has 2 rings (SSSR count). The third kappa shape index (κ3) is 3.02. The molecule has 1 aromatic carbocycles. The van der Waals surface area contributed by atoms with Gasteiger partial charge in [0.05, 0.1) is 6.04 Å². The Morgan fingerprint density at radius 2 is 2.05 bits per heavy atom. The van der Waals surface area contributed by atoms with Gasteiger partial charge in [0.2, 0.25) is 0 Å². The fourth-order valence-corrected chi connectivity index (χ4v) is 4.13. The highest BCUT2D eigenvalue weighted by molar-refractivity contribution is 9.10. The minimum Gasteiger partial charge on any atom is -0.362 e. The van der Waals surface area contributed by atoms with E-state index in [9.17, 15) is 0 Å². The molecule has 0 spiro atoms. The van der Waals surface area contributed by atoms with Gasteiger partial charge >= 0.3 is 0 Å². The SMILES string of the molecule is CCN(c1ccccc1C)C(CN)c1sccc1Br. The van der Waals surface area contributed by atoms with Crippen molar-refractivity contribution in [2.24, 2.45) is 5.73 Å². The summed E-state index contributed by atoms with van der Waals surface area (Å²) in [6, 6.07) is 10.8. The first-order valence-corrected chi connectivity index (χ1v) is 8.11. The monoisotopic (exact) mass is 338 g/mol. The molecule has 0 saturated carbocycles. The number of rotatable bonds is 5. The molecule has 0 fully saturated rings. The highest BCUT2D eigenvalue weighted by Gasteiger charge is 2.22. The number of anilines is 1. The maximum Gasteiger partial charge on any atom is 0.0768 e. The molecule has 4 heteroatoms. The number of hydrogen-bond acceptors (Lipinski definition) is 3. The highest BCUT2D eigenvalue weighted by atomic mass is 79.9. The van der Waals surface area contributed by atoms with Gasteiger partial charge in [-0.25, -0.2) is 0 Å². The van der Waals surface area contributed by atoms with Crippen LogP contribution in [0.25, 0.3) is 0 Å². The molecule has 1 aromatic heterocycles. The second-order valence-corrected chi connectivity index (χ2v) is 6.26. The molecule has 2 nitrogen and oxygen atoms in total. The maximum absolute atomic E-state index is 6.04. The second-order valence-electron chi connectivity index (χ2n) is 4.46. The summed E-state index contributed by atoms with van der Waals surface area (Å²) in [5.41, 5.74) is 8.59. The Labute approximate surface area is 127 Å². The molecule has 0 saturated heterocycles. The summed E-state index contributed by atoms with van der Waals surface area (Å²) in [4.78, 5) is 3.68.